The summed E-state index contributed by atoms with van der Waals surface area (Å²) in [5, 5.41) is 13.5. The third-order valence-electron chi connectivity index (χ3n) is 2.55. The lowest BCUT2D eigenvalue weighted by molar-refractivity contribution is 0.0954. The minimum absolute atomic E-state index is 0.165. The van der Waals surface area contributed by atoms with Gasteiger partial charge in [-0.3, -0.25) is 9.78 Å². The number of aliphatic hydroxyl groups is 1. The molecule has 0 aromatic carbocycles. The van der Waals surface area contributed by atoms with E-state index in [4.69, 9.17) is 5.11 Å². The fourth-order valence-electron chi connectivity index (χ4n) is 1.63. The number of pyridine rings is 1. The van der Waals surface area contributed by atoms with Crippen LogP contribution in [0.4, 0.5) is 0 Å². The second-order valence-corrected chi connectivity index (χ2v) is 5.04. The Morgan fingerprint density at radius 2 is 2.35 bits per heavy atom. The molecule has 0 aliphatic carbocycles. The van der Waals surface area contributed by atoms with E-state index in [-0.39, 0.29) is 12.5 Å². The van der Waals surface area contributed by atoms with Gasteiger partial charge in [-0.2, -0.15) is 0 Å². The molecule has 2 N–H and O–H groups in total. The number of nitrogens with one attached hydrogen (secondary N) is 1. The Morgan fingerprint density at radius 1 is 1.45 bits per heavy atom. The number of thiophene rings is 1. The normalized spacial score (nSPS) is 9.65. The number of hydrogen-bond donors (Lipinski definition) is 2. The largest absolute Gasteiger partial charge is 0.384 e. The molecule has 0 atom stereocenters. The van der Waals surface area contributed by atoms with Crippen LogP contribution in [0.25, 0.3) is 0 Å². The maximum Gasteiger partial charge on any atom is 0.252 e. The molecule has 0 aliphatic heterocycles. The van der Waals surface area contributed by atoms with Gasteiger partial charge in [-0.05, 0) is 23.9 Å². The molecule has 102 valence electrons. The summed E-state index contributed by atoms with van der Waals surface area (Å²) in [7, 11) is 0. The molecule has 4 nitrogen and oxygen atoms in total. The highest BCUT2D eigenvalue weighted by atomic mass is 32.1. The van der Waals surface area contributed by atoms with Gasteiger partial charge in [0, 0.05) is 29.4 Å². The molecule has 0 bridgehead atoms. The summed E-state index contributed by atoms with van der Waals surface area (Å²) < 4.78 is 0. The minimum Gasteiger partial charge on any atom is -0.384 e. The summed E-state index contributed by atoms with van der Waals surface area (Å²) in [4.78, 5) is 17.2. The van der Waals surface area contributed by atoms with Gasteiger partial charge in [-0.25, -0.2) is 0 Å². The molecule has 0 unspecified atom stereocenters. The standard InChI is InChI=1S/C15H14N2O2S/c18-7-1-3-12-9-13(11-16-10-12)15(19)17-6-5-14-4-2-8-20-14/h2,4,8-11,18H,5-7H2,(H,17,19). The second-order valence-electron chi connectivity index (χ2n) is 4.01. The summed E-state index contributed by atoms with van der Waals surface area (Å²) in [5.74, 6) is 5.09. The van der Waals surface area contributed by atoms with E-state index in [1.165, 1.54) is 11.1 Å². The third kappa shape index (κ3) is 4.19. The molecule has 0 saturated carbocycles. The van der Waals surface area contributed by atoms with Crippen LogP contribution < -0.4 is 5.32 Å². The number of aliphatic hydroxyl groups excluding tert-OH is 1. The van der Waals surface area contributed by atoms with Crippen molar-refractivity contribution in [3.63, 3.8) is 0 Å². The summed E-state index contributed by atoms with van der Waals surface area (Å²) in [6.45, 7) is 0.378. The maximum absolute atomic E-state index is 12.0. The number of amides is 1. The molecule has 2 rings (SSSR count). The monoisotopic (exact) mass is 286 g/mol. The van der Waals surface area contributed by atoms with E-state index in [0.29, 0.717) is 17.7 Å². The Balaban J connectivity index is 1.91. The van der Waals surface area contributed by atoms with Crippen molar-refractivity contribution in [1.82, 2.24) is 10.3 Å². The van der Waals surface area contributed by atoms with Crippen molar-refractivity contribution in [2.45, 2.75) is 6.42 Å². The Bertz CT molecular complexity index is 627. The third-order valence-corrected chi connectivity index (χ3v) is 3.49. The summed E-state index contributed by atoms with van der Waals surface area (Å²) in [6.07, 6.45) is 3.89. The van der Waals surface area contributed by atoms with Crippen LogP contribution in [0.15, 0.2) is 36.0 Å². The number of nitrogens with zero attached hydrogens (tertiary/aromatic N) is 1. The fourth-order valence-corrected chi connectivity index (χ4v) is 2.34. The Hall–Kier alpha value is -2.16. The van der Waals surface area contributed by atoms with Gasteiger partial charge in [-0.15, -0.1) is 11.3 Å². The number of carbonyl (C=O) groups excluding carboxylic acids is 1. The topological polar surface area (TPSA) is 62.2 Å². The van der Waals surface area contributed by atoms with Crippen molar-refractivity contribution in [3.8, 4) is 11.8 Å². The van der Waals surface area contributed by atoms with E-state index in [1.54, 1.807) is 23.6 Å². The first-order valence-corrected chi connectivity index (χ1v) is 7.03. The van der Waals surface area contributed by atoms with E-state index < -0.39 is 0 Å². The van der Waals surface area contributed by atoms with Crippen LogP contribution in [0.1, 0.15) is 20.8 Å². The zero-order valence-corrected chi connectivity index (χ0v) is 11.6. The molecule has 0 spiro atoms. The van der Waals surface area contributed by atoms with Gasteiger partial charge in [0.15, 0.2) is 0 Å². The molecule has 1 amide bonds. The first-order valence-electron chi connectivity index (χ1n) is 6.15. The van der Waals surface area contributed by atoms with Crippen LogP contribution in [0.2, 0.25) is 0 Å². The fraction of sp³-hybridized carbons (Fsp3) is 0.200. The Kier molecular flexibility index (Phi) is 5.30. The van der Waals surface area contributed by atoms with E-state index in [9.17, 15) is 4.79 Å². The van der Waals surface area contributed by atoms with Crippen molar-refractivity contribution < 1.29 is 9.90 Å². The van der Waals surface area contributed by atoms with Gasteiger partial charge in [0.05, 0.1) is 5.56 Å². The van der Waals surface area contributed by atoms with Gasteiger partial charge in [-0.1, -0.05) is 17.9 Å². The summed E-state index contributed by atoms with van der Waals surface area (Å²) in [6, 6.07) is 5.70. The van der Waals surface area contributed by atoms with Crippen molar-refractivity contribution in [2.24, 2.45) is 0 Å². The van der Waals surface area contributed by atoms with E-state index in [0.717, 1.165) is 6.42 Å². The molecule has 2 heterocycles. The highest BCUT2D eigenvalue weighted by Crippen LogP contribution is 2.08. The number of rotatable bonds is 4. The molecule has 0 radical (unpaired) electrons. The quantitative estimate of drug-likeness (QED) is 0.837. The average Bonchev–Trinajstić information content (AvgIpc) is 2.98. The van der Waals surface area contributed by atoms with Crippen molar-refractivity contribution in [3.05, 3.63) is 52.0 Å². The van der Waals surface area contributed by atoms with Gasteiger partial charge in [0.25, 0.3) is 5.91 Å². The number of aromatic nitrogens is 1. The summed E-state index contributed by atoms with van der Waals surface area (Å²) >= 11 is 1.68. The van der Waals surface area contributed by atoms with E-state index in [1.807, 2.05) is 17.5 Å². The van der Waals surface area contributed by atoms with Crippen LogP contribution in [-0.2, 0) is 6.42 Å². The molecule has 0 fully saturated rings. The minimum atomic E-state index is -0.211. The lowest BCUT2D eigenvalue weighted by atomic mass is 10.2. The first-order chi connectivity index (χ1) is 9.79. The van der Waals surface area contributed by atoms with Crippen LogP contribution in [0.5, 0.6) is 0 Å². The van der Waals surface area contributed by atoms with E-state index >= 15 is 0 Å². The van der Waals surface area contributed by atoms with Gasteiger partial charge in [0.1, 0.15) is 6.61 Å². The number of carbonyl (C=O) groups is 1. The number of hydrogen-bond acceptors (Lipinski definition) is 4. The van der Waals surface area contributed by atoms with Gasteiger partial charge >= 0.3 is 0 Å². The van der Waals surface area contributed by atoms with Crippen molar-refractivity contribution >= 4 is 17.2 Å². The molecular formula is C15H14N2O2S. The van der Waals surface area contributed by atoms with Gasteiger partial charge in [0.2, 0.25) is 0 Å². The smallest absolute Gasteiger partial charge is 0.252 e. The Labute approximate surface area is 121 Å². The summed E-state index contributed by atoms with van der Waals surface area (Å²) in [5.41, 5.74) is 1.09. The van der Waals surface area contributed by atoms with Crippen molar-refractivity contribution in [2.75, 3.05) is 13.2 Å². The Morgan fingerprint density at radius 3 is 3.10 bits per heavy atom. The lowest BCUT2D eigenvalue weighted by Gasteiger charge is -2.04. The molecular weight excluding hydrogens is 272 g/mol. The molecule has 2 aromatic rings. The predicted octanol–water partition coefficient (Wildman–Crippen LogP) is 1.46. The highest BCUT2D eigenvalue weighted by molar-refractivity contribution is 7.09. The van der Waals surface area contributed by atoms with Crippen LogP contribution in [-0.4, -0.2) is 29.1 Å². The average molecular weight is 286 g/mol. The predicted molar refractivity (Wildman–Crippen MR) is 78.6 cm³/mol. The SMILES string of the molecule is O=C(NCCc1cccs1)c1cncc(C#CCO)c1. The van der Waals surface area contributed by atoms with Crippen molar-refractivity contribution in [1.29, 1.82) is 0 Å². The molecule has 2 aromatic heterocycles. The molecule has 5 heteroatoms. The van der Waals surface area contributed by atoms with E-state index in [2.05, 4.69) is 22.1 Å². The van der Waals surface area contributed by atoms with Crippen LogP contribution in [0, 0.1) is 11.8 Å². The van der Waals surface area contributed by atoms with Gasteiger partial charge < -0.3 is 10.4 Å². The first kappa shape index (κ1) is 14.3. The zero-order valence-electron chi connectivity index (χ0n) is 10.8. The van der Waals surface area contributed by atoms with Crippen LogP contribution >= 0.6 is 11.3 Å². The molecule has 20 heavy (non-hydrogen) atoms. The zero-order chi connectivity index (χ0) is 14.2. The molecule has 0 aliphatic rings. The highest BCUT2D eigenvalue weighted by Gasteiger charge is 2.06. The lowest BCUT2D eigenvalue weighted by Crippen LogP contribution is -2.25. The second kappa shape index (κ2) is 7.43. The van der Waals surface area contributed by atoms with Crippen LogP contribution in [0.3, 0.4) is 0 Å². The maximum atomic E-state index is 12.0. The molecule has 0 saturated heterocycles.